The van der Waals surface area contributed by atoms with E-state index in [4.69, 9.17) is 16.3 Å². The molecular weight excluding hydrogens is 325 g/mol. The molecule has 0 unspecified atom stereocenters. The van der Waals surface area contributed by atoms with E-state index in [9.17, 15) is 9.59 Å². The molecule has 1 aliphatic heterocycles. The third kappa shape index (κ3) is 2.90. The van der Waals surface area contributed by atoms with Crippen LogP contribution in [0.3, 0.4) is 0 Å². The SMILES string of the molecule is O=C(Cn1cnc(Cl)c(Br)c1=O)N1CCOCC1. The van der Waals surface area contributed by atoms with Crippen LogP contribution in [0.2, 0.25) is 5.15 Å². The Balaban J connectivity index is 2.12. The predicted molar refractivity (Wildman–Crippen MR) is 68.6 cm³/mol. The van der Waals surface area contributed by atoms with Crippen LogP contribution in [0.5, 0.6) is 0 Å². The molecule has 1 saturated heterocycles. The first kappa shape index (κ1) is 13.5. The van der Waals surface area contributed by atoms with Gasteiger partial charge in [-0.2, -0.15) is 0 Å². The number of aromatic nitrogens is 2. The largest absolute Gasteiger partial charge is 0.378 e. The average molecular weight is 337 g/mol. The van der Waals surface area contributed by atoms with Crippen LogP contribution in [0.1, 0.15) is 0 Å². The molecule has 1 aliphatic rings. The van der Waals surface area contributed by atoms with Crippen LogP contribution >= 0.6 is 27.5 Å². The summed E-state index contributed by atoms with van der Waals surface area (Å²) in [5, 5.41) is 0.0927. The number of nitrogens with zero attached hydrogens (tertiary/aromatic N) is 3. The molecule has 1 amide bonds. The zero-order valence-electron chi connectivity index (χ0n) is 9.44. The zero-order chi connectivity index (χ0) is 13.1. The van der Waals surface area contributed by atoms with Crippen molar-refractivity contribution in [2.24, 2.45) is 0 Å². The highest BCUT2D eigenvalue weighted by Gasteiger charge is 2.18. The van der Waals surface area contributed by atoms with Crippen LogP contribution in [-0.2, 0) is 16.1 Å². The Morgan fingerprint density at radius 3 is 2.83 bits per heavy atom. The van der Waals surface area contributed by atoms with E-state index in [1.54, 1.807) is 4.90 Å². The average Bonchev–Trinajstić information content (AvgIpc) is 2.40. The molecule has 8 heteroatoms. The lowest BCUT2D eigenvalue weighted by Crippen LogP contribution is -2.43. The van der Waals surface area contributed by atoms with Gasteiger partial charge < -0.3 is 9.64 Å². The molecule has 2 heterocycles. The van der Waals surface area contributed by atoms with Gasteiger partial charge in [-0.05, 0) is 15.9 Å². The summed E-state index contributed by atoms with van der Waals surface area (Å²) in [6.45, 7) is 2.12. The van der Waals surface area contributed by atoms with Gasteiger partial charge in [0.05, 0.1) is 19.5 Å². The molecular formula is C10H11BrClN3O3. The van der Waals surface area contributed by atoms with Crippen LogP contribution < -0.4 is 5.56 Å². The van der Waals surface area contributed by atoms with Crippen molar-refractivity contribution in [2.75, 3.05) is 26.3 Å². The first-order chi connectivity index (χ1) is 8.59. The van der Waals surface area contributed by atoms with E-state index < -0.39 is 0 Å². The van der Waals surface area contributed by atoms with Crippen LogP contribution in [0.4, 0.5) is 0 Å². The van der Waals surface area contributed by atoms with Gasteiger partial charge in [0.1, 0.15) is 11.0 Å². The minimum absolute atomic E-state index is 0.0401. The molecule has 18 heavy (non-hydrogen) atoms. The van der Waals surface area contributed by atoms with E-state index in [-0.39, 0.29) is 27.6 Å². The highest BCUT2D eigenvalue weighted by Crippen LogP contribution is 2.13. The van der Waals surface area contributed by atoms with Gasteiger partial charge in [-0.1, -0.05) is 11.6 Å². The first-order valence-electron chi connectivity index (χ1n) is 5.35. The normalized spacial score (nSPS) is 15.8. The molecule has 1 fully saturated rings. The summed E-state index contributed by atoms with van der Waals surface area (Å²) >= 11 is 8.73. The summed E-state index contributed by atoms with van der Waals surface area (Å²) in [4.78, 5) is 29.2. The fourth-order valence-corrected chi connectivity index (χ4v) is 2.07. The Morgan fingerprint density at radius 2 is 2.17 bits per heavy atom. The van der Waals surface area contributed by atoms with Crippen molar-refractivity contribution in [2.45, 2.75) is 6.54 Å². The fourth-order valence-electron chi connectivity index (χ4n) is 1.61. The van der Waals surface area contributed by atoms with Gasteiger partial charge in [-0.15, -0.1) is 0 Å². The molecule has 0 spiro atoms. The molecule has 0 radical (unpaired) electrons. The molecule has 0 N–H and O–H groups in total. The number of ether oxygens (including phenoxy) is 1. The summed E-state index contributed by atoms with van der Waals surface area (Å²) in [6.07, 6.45) is 1.27. The number of halogens is 2. The predicted octanol–water partition coefficient (Wildman–Crippen LogP) is 0.518. The molecule has 0 atom stereocenters. The van der Waals surface area contributed by atoms with Gasteiger partial charge >= 0.3 is 0 Å². The zero-order valence-corrected chi connectivity index (χ0v) is 11.8. The number of hydrogen-bond donors (Lipinski definition) is 0. The Labute approximate surface area is 117 Å². The van der Waals surface area contributed by atoms with Crippen LogP contribution in [-0.4, -0.2) is 46.7 Å². The molecule has 2 rings (SSSR count). The summed E-state index contributed by atoms with van der Waals surface area (Å²) < 4.78 is 6.56. The van der Waals surface area contributed by atoms with Crippen LogP contribution in [0, 0.1) is 0 Å². The fraction of sp³-hybridized carbons (Fsp3) is 0.500. The number of hydrogen-bond acceptors (Lipinski definition) is 4. The number of carbonyl (C=O) groups excluding carboxylic acids is 1. The molecule has 1 aromatic rings. The van der Waals surface area contributed by atoms with Gasteiger partial charge in [0.15, 0.2) is 5.15 Å². The Hall–Kier alpha value is -0.920. The highest BCUT2D eigenvalue weighted by molar-refractivity contribution is 9.10. The summed E-state index contributed by atoms with van der Waals surface area (Å²) in [6, 6.07) is 0. The maximum atomic E-state index is 12.0. The van der Waals surface area contributed by atoms with Crippen LogP contribution in [0.25, 0.3) is 0 Å². The lowest BCUT2D eigenvalue weighted by Gasteiger charge is -2.27. The van der Waals surface area contributed by atoms with Gasteiger partial charge in [-0.25, -0.2) is 4.98 Å². The molecule has 0 aliphatic carbocycles. The summed E-state index contributed by atoms with van der Waals surface area (Å²) in [7, 11) is 0. The summed E-state index contributed by atoms with van der Waals surface area (Å²) in [5.74, 6) is -0.128. The van der Waals surface area contributed by atoms with E-state index in [1.165, 1.54) is 10.9 Å². The Morgan fingerprint density at radius 1 is 1.50 bits per heavy atom. The van der Waals surface area contributed by atoms with Gasteiger partial charge in [0.2, 0.25) is 5.91 Å². The lowest BCUT2D eigenvalue weighted by molar-refractivity contribution is -0.135. The van der Waals surface area contributed by atoms with Crippen molar-refractivity contribution < 1.29 is 9.53 Å². The minimum Gasteiger partial charge on any atom is -0.378 e. The van der Waals surface area contributed by atoms with Crippen molar-refractivity contribution in [3.63, 3.8) is 0 Å². The molecule has 1 aromatic heterocycles. The maximum Gasteiger partial charge on any atom is 0.269 e. The number of carbonyl (C=O) groups is 1. The van der Waals surface area contributed by atoms with Gasteiger partial charge in [0, 0.05) is 13.1 Å². The molecule has 6 nitrogen and oxygen atoms in total. The van der Waals surface area contributed by atoms with Crippen LogP contribution in [0.15, 0.2) is 15.6 Å². The number of rotatable bonds is 2. The van der Waals surface area contributed by atoms with E-state index in [1.807, 2.05) is 0 Å². The first-order valence-corrected chi connectivity index (χ1v) is 6.52. The number of amides is 1. The Bertz CT molecular complexity index is 514. The van der Waals surface area contributed by atoms with Crippen molar-refractivity contribution in [1.29, 1.82) is 0 Å². The third-order valence-electron chi connectivity index (χ3n) is 2.61. The van der Waals surface area contributed by atoms with E-state index in [0.29, 0.717) is 26.3 Å². The molecule has 98 valence electrons. The molecule has 0 saturated carbocycles. The molecule has 0 aromatic carbocycles. The standard InChI is InChI=1S/C10H11BrClN3O3/c11-8-9(12)13-6-15(10(8)17)5-7(16)14-1-3-18-4-2-14/h6H,1-5H2. The second-order valence-electron chi connectivity index (χ2n) is 3.78. The lowest BCUT2D eigenvalue weighted by atomic mass is 10.4. The maximum absolute atomic E-state index is 12.0. The van der Waals surface area contributed by atoms with Crippen molar-refractivity contribution in [3.05, 3.63) is 26.3 Å². The van der Waals surface area contributed by atoms with Crippen molar-refractivity contribution in [3.8, 4) is 0 Å². The second kappa shape index (κ2) is 5.81. The minimum atomic E-state index is -0.364. The van der Waals surface area contributed by atoms with Gasteiger partial charge in [0.25, 0.3) is 5.56 Å². The van der Waals surface area contributed by atoms with Gasteiger partial charge in [-0.3, -0.25) is 14.2 Å². The monoisotopic (exact) mass is 335 g/mol. The Kier molecular flexibility index (Phi) is 4.36. The third-order valence-corrected chi connectivity index (χ3v) is 3.84. The summed E-state index contributed by atoms with van der Waals surface area (Å²) in [5.41, 5.74) is -0.364. The smallest absolute Gasteiger partial charge is 0.269 e. The second-order valence-corrected chi connectivity index (χ2v) is 4.93. The quantitative estimate of drug-likeness (QED) is 0.739. The van der Waals surface area contributed by atoms with Crippen molar-refractivity contribution in [1.82, 2.24) is 14.5 Å². The highest BCUT2D eigenvalue weighted by atomic mass is 79.9. The topological polar surface area (TPSA) is 64.4 Å². The van der Waals surface area contributed by atoms with E-state index in [0.717, 1.165) is 0 Å². The number of morpholine rings is 1. The molecule has 0 bridgehead atoms. The van der Waals surface area contributed by atoms with E-state index in [2.05, 4.69) is 20.9 Å². The van der Waals surface area contributed by atoms with Crippen molar-refractivity contribution >= 4 is 33.4 Å². The van der Waals surface area contributed by atoms with E-state index >= 15 is 0 Å².